The number of aromatic nitrogens is 2. The van der Waals surface area contributed by atoms with Crippen molar-refractivity contribution in [2.24, 2.45) is 0 Å². The molecule has 0 aliphatic heterocycles. The highest BCUT2D eigenvalue weighted by Gasteiger charge is 2.17. The SMILES string of the molecule is C=CCC(O)Cc1ccn(C2CCCC2)n1. The average Bonchev–Trinajstić information content (AvgIpc) is 2.86. The van der Waals surface area contributed by atoms with Gasteiger partial charge in [0.05, 0.1) is 17.8 Å². The van der Waals surface area contributed by atoms with Gasteiger partial charge in [0.2, 0.25) is 0 Å². The van der Waals surface area contributed by atoms with Crippen molar-refractivity contribution in [3.8, 4) is 0 Å². The van der Waals surface area contributed by atoms with Gasteiger partial charge in [0.25, 0.3) is 0 Å². The summed E-state index contributed by atoms with van der Waals surface area (Å²) in [5, 5.41) is 14.2. The number of rotatable bonds is 5. The Morgan fingerprint density at radius 2 is 2.31 bits per heavy atom. The molecule has 0 amide bonds. The van der Waals surface area contributed by atoms with Gasteiger partial charge in [-0.05, 0) is 25.3 Å². The summed E-state index contributed by atoms with van der Waals surface area (Å²) in [6.07, 6.45) is 9.85. The standard InChI is InChI=1S/C13H20N2O/c1-2-5-13(16)10-11-8-9-15(14-11)12-6-3-4-7-12/h2,8-9,12-13,16H,1,3-7,10H2. The molecule has 3 heteroatoms. The second-order valence-electron chi connectivity index (χ2n) is 4.61. The van der Waals surface area contributed by atoms with E-state index < -0.39 is 0 Å². The Balaban J connectivity index is 1.93. The lowest BCUT2D eigenvalue weighted by atomic mass is 10.1. The molecule has 1 fully saturated rings. The van der Waals surface area contributed by atoms with Crippen LogP contribution in [0.25, 0.3) is 0 Å². The lowest BCUT2D eigenvalue weighted by Crippen LogP contribution is -2.11. The molecule has 0 aromatic carbocycles. The number of aliphatic hydroxyl groups is 1. The molecule has 3 nitrogen and oxygen atoms in total. The van der Waals surface area contributed by atoms with Crippen LogP contribution in [0.15, 0.2) is 24.9 Å². The molecule has 0 bridgehead atoms. The fourth-order valence-corrected chi connectivity index (χ4v) is 2.38. The summed E-state index contributed by atoms with van der Waals surface area (Å²) in [6, 6.07) is 2.61. The minimum absolute atomic E-state index is 0.343. The van der Waals surface area contributed by atoms with E-state index in [4.69, 9.17) is 0 Å². The highest BCUT2D eigenvalue weighted by atomic mass is 16.3. The summed E-state index contributed by atoms with van der Waals surface area (Å²) in [5.41, 5.74) is 0.987. The molecule has 2 rings (SSSR count). The maximum Gasteiger partial charge on any atom is 0.0650 e. The third-order valence-electron chi connectivity index (χ3n) is 3.25. The fourth-order valence-electron chi connectivity index (χ4n) is 2.38. The Bertz CT molecular complexity index is 339. The van der Waals surface area contributed by atoms with Crippen LogP contribution in [0.3, 0.4) is 0 Å². The third-order valence-corrected chi connectivity index (χ3v) is 3.25. The van der Waals surface area contributed by atoms with Crippen LogP contribution in [-0.2, 0) is 6.42 Å². The van der Waals surface area contributed by atoms with Crippen LogP contribution >= 0.6 is 0 Å². The van der Waals surface area contributed by atoms with Gasteiger partial charge in [-0.2, -0.15) is 5.10 Å². The minimum Gasteiger partial charge on any atom is -0.392 e. The Labute approximate surface area is 96.8 Å². The second-order valence-corrected chi connectivity index (χ2v) is 4.61. The van der Waals surface area contributed by atoms with Crippen molar-refractivity contribution < 1.29 is 5.11 Å². The zero-order valence-electron chi connectivity index (χ0n) is 9.68. The lowest BCUT2D eigenvalue weighted by Gasteiger charge is -2.09. The fraction of sp³-hybridized carbons (Fsp3) is 0.615. The van der Waals surface area contributed by atoms with Gasteiger partial charge in [-0.15, -0.1) is 6.58 Å². The smallest absolute Gasteiger partial charge is 0.0650 e. The largest absolute Gasteiger partial charge is 0.392 e. The molecule has 1 unspecified atom stereocenters. The lowest BCUT2D eigenvalue weighted by molar-refractivity contribution is 0.177. The van der Waals surface area contributed by atoms with Crippen LogP contribution in [0.1, 0.15) is 43.8 Å². The molecule has 0 radical (unpaired) electrons. The van der Waals surface area contributed by atoms with Crippen LogP contribution in [0.5, 0.6) is 0 Å². The average molecular weight is 220 g/mol. The van der Waals surface area contributed by atoms with Gasteiger partial charge >= 0.3 is 0 Å². The molecule has 16 heavy (non-hydrogen) atoms. The maximum atomic E-state index is 9.66. The number of hydrogen-bond donors (Lipinski definition) is 1. The molecule has 1 atom stereocenters. The van der Waals surface area contributed by atoms with E-state index in [1.165, 1.54) is 25.7 Å². The summed E-state index contributed by atoms with van der Waals surface area (Å²) >= 11 is 0. The first-order chi connectivity index (χ1) is 7.79. The molecular formula is C13H20N2O. The molecule has 1 aliphatic carbocycles. The van der Waals surface area contributed by atoms with Gasteiger partial charge in [-0.25, -0.2) is 0 Å². The topological polar surface area (TPSA) is 38.0 Å². The maximum absolute atomic E-state index is 9.66. The molecule has 1 aliphatic rings. The van der Waals surface area contributed by atoms with Gasteiger partial charge in [0.1, 0.15) is 0 Å². The quantitative estimate of drug-likeness (QED) is 0.774. The number of hydrogen-bond acceptors (Lipinski definition) is 2. The first kappa shape index (κ1) is 11.4. The van der Waals surface area contributed by atoms with Crippen LogP contribution < -0.4 is 0 Å². The van der Waals surface area contributed by atoms with E-state index in [1.807, 2.05) is 12.3 Å². The van der Waals surface area contributed by atoms with Crippen LogP contribution in [0, 0.1) is 0 Å². The molecule has 1 aromatic heterocycles. The Hall–Kier alpha value is -1.09. The zero-order chi connectivity index (χ0) is 11.4. The van der Waals surface area contributed by atoms with Crippen molar-refractivity contribution in [3.05, 3.63) is 30.6 Å². The van der Waals surface area contributed by atoms with Gasteiger partial charge in [0, 0.05) is 12.6 Å². The Morgan fingerprint density at radius 3 is 3.00 bits per heavy atom. The molecule has 0 spiro atoms. The molecule has 1 N–H and O–H groups in total. The van der Waals surface area contributed by atoms with E-state index in [-0.39, 0.29) is 6.10 Å². The van der Waals surface area contributed by atoms with Crippen molar-refractivity contribution in [1.82, 2.24) is 9.78 Å². The molecule has 1 aromatic rings. The van der Waals surface area contributed by atoms with E-state index in [0.717, 1.165) is 5.69 Å². The minimum atomic E-state index is -0.343. The van der Waals surface area contributed by atoms with Gasteiger partial charge in [0.15, 0.2) is 0 Å². The first-order valence-electron chi connectivity index (χ1n) is 6.12. The molecule has 1 heterocycles. The predicted molar refractivity (Wildman–Crippen MR) is 64.3 cm³/mol. The van der Waals surface area contributed by atoms with Gasteiger partial charge < -0.3 is 5.11 Å². The first-order valence-corrected chi connectivity index (χ1v) is 6.12. The summed E-state index contributed by atoms with van der Waals surface area (Å²) in [6.45, 7) is 3.62. The van der Waals surface area contributed by atoms with Gasteiger partial charge in [-0.3, -0.25) is 4.68 Å². The van der Waals surface area contributed by atoms with E-state index in [0.29, 0.717) is 18.9 Å². The van der Waals surface area contributed by atoms with Crippen LogP contribution in [-0.4, -0.2) is 21.0 Å². The zero-order valence-corrected chi connectivity index (χ0v) is 9.68. The molecular weight excluding hydrogens is 200 g/mol. The van der Waals surface area contributed by atoms with E-state index >= 15 is 0 Å². The molecule has 0 saturated heterocycles. The highest BCUT2D eigenvalue weighted by Crippen LogP contribution is 2.28. The number of nitrogens with zero attached hydrogens (tertiary/aromatic N) is 2. The van der Waals surface area contributed by atoms with Crippen molar-refractivity contribution in [2.45, 2.75) is 50.7 Å². The van der Waals surface area contributed by atoms with Crippen LogP contribution in [0.4, 0.5) is 0 Å². The van der Waals surface area contributed by atoms with Crippen molar-refractivity contribution in [3.63, 3.8) is 0 Å². The Morgan fingerprint density at radius 1 is 1.56 bits per heavy atom. The van der Waals surface area contributed by atoms with Crippen molar-refractivity contribution >= 4 is 0 Å². The third kappa shape index (κ3) is 2.73. The highest BCUT2D eigenvalue weighted by molar-refractivity contribution is 5.02. The van der Waals surface area contributed by atoms with Crippen LogP contribution in [0.2, 0.25) is 0 Å². The second kappa shape index (κ2) is 5.30. The molecule has 1 saturated carbocycles. The van der Waals surface area contributed by atoms with E-state index in [1.54, 1.807) is 6.08 Å². The predicted octanol–water partition coefficient (Wildman–Crippen LogP) is 2.48. The van der Waals surface area contributed by atoms with Gasteiger partial charge in [-0.1, -0.05) is 18.9 Å². The number of aliphatic hydroxyl groups excluding tert-OH is 1. The summed E-state index contributed by atoms with van der Waals surface area (Å²) in [7, 11) is 0. The monoisotopic (exact) mass is 220 g/mol. The Kier molecular flexibility index (Phi) is 3.78. The van der Waals surface area contributed by atoms with E-state index in [9.17, 15) is 5.11 Å². The van der Waals surface area contributed by atoms with Crippen molar-refractivity contribution in [1.29, 1.82) is 0 Å². The summed E-state index contributed by atoms with van der Waals surface area (Å²) in [4.78, 5) is 0. The van der Waals surface area contributed by atoms with Crippen molar-refractivity contribution in [2.75, 3.05) is 0 Å². The summed E-state index contributed by atoms with van der Waals surface area (Å²) in [5.74, 6) is 0. The molecule has 88 valence electrons. The summed E-state index contributed by atoms with van der Waals surface area (Å²) < 4.78 is 2.07. The van der Waals surface area contributed by atoms with E-state index in [2.05, 4.69) is 16.4 Å². The normalized spacial score (nSPS) is 18.8.